The smallest absolute Gasteiger partial charge is 0.379 e. The fourth-order valence-electron chi connectivity index (χ4n) is 5.95. The SMILES string of the molecule is Cn1cnnc1CC1(c2cccc(N3Cc4c(cc(CN5CCC(C)(F)CC5)cc4C(F)(F)F)C3=O)c2)COC1. The van der Waals surface area contributed by atoms with E-state index < -0.39 is 23.3 Å². The first-order chi connectivity index (χ1) is 18.9. The van der Waals surface area contributed by atoms with Crippen LogP contribution in [0.1, 0.15) is 58.2 Å². The van der Waals surface area contributed by atoms with E-state index in [1.807, 2.05) is 34.7 Å². The molecule has 0 spiro atoms. The second-order valence-electron chi connectivity index (χ2n) is 11.6. The number of carbonyl (C=O) groups excluding carboxylic acids is 1. The zero-order chi connectivity index (χ0) is 28.3. The van der Waals surface area contributed by atoms with Crippen LogP contribution < -0.4 is 4.90 Å². The van der Waals surface area contributed by atoms with E-state index in [0.29, 0.717) is 56.8 Å². The molecular formula is C29H31F4N5O2. The number of hydrogen-bond acceptors (Lipinski definition) is 5. The maximum absolute atomic E-state index is 14.2. The first kappa shape index (κ1) is 26.9. The number of carbonyl (C=O) groups is 1. The van der Waals surface area contributed by atoms with Gasteiger partial charge in [0.25, 0.3) is 5.91 Å². The van der Waals surface area contributed by atoms with Crippen LogP contribution in [0.3, 0.4) is 0 Å². The summed E-state index contributed by atoms with van der Waals surface area (Å²) in [5, 5.41) is 8.16. The molecule has 4 heterocycles. The number of benzene rings is 2. The summed E-state index contributed by atoms with van der Waals surface area (Å²) in [6.07, 6.45) is -1.73. The van der Waals surface area contributed by atoms with E-state index in [0.717, 1.165) is 17.5 Å². The number of rotatable bonds is 6. The van der Waals surface area contributed by atoms with Gasteiger partial charge < -0.3 is 14.2 Å². The molecule has 1 aromatic heterocycles. The molecule has 1 amide bonds. The summed E-state index contributed by atoms with van der Waals surface area (Å²) in [7, 11) is 1.87. The van der Waals surface area contributed by atoms with Crippen LogP contribution >= 0.6 is 0 Å². The van der Waals surface area contributed by atoms with Gasteiger partial charge in [-0.15, -0.1) is 10.2 Å². The summed E-state index contributed by atoms with van der Waals surface area (Å²) in [5.74, 6) is 0.340. The van der Waals surface area contributed by atoms with Gasteiger partial charge in [0, 0.05) is 49.8 Å². The van der Waals surface area contributed by atoms with Gasteiger partial charge in [-0.3, -0.25) is 9.69 Å². The van der Waals surface area contributed by atoms with Crippen molar-refractivity contribution in [2.45, 2.75) is 56.5 Å². The average molecular weight is 558 g/mol. The fraction of sp³-hybridized carbons (Fsp3) is 0.483. The third kappa shape index (κ3) is 4.89. The Bertz CT molecular complexity index is 1440. The summed E-state index contributed by atoms with van der Waals surface area (Å²) in [6, 6.07) is 10.1. The molecule has 0 saturated carbocycles. The Morgan fingerprint density at radius 1 is 1.10 bits per heavy atom. The molecule has 0 aliphatic carbocycles. The number of aryl methyl sites for hydroxylation is 1. The van der Waals surface area contributed by atoms with Gasteiger partial charge >= 0.3 is 6.18 Å². The molecule has 212 valence electrons. The van der Waals surface area contributed by atoms with Gasteiger partial charge in [-0.2, -0.15) is 13.2 Å². The van der Waals surface area contributed by atoms with Gasteiger partial charge in [0.2, 0.25) is 0 Å². The largest absolute Gasteiger partial charge is 0.416 e. The maximum atomic E-state index is 14.2. The molecule has 7 nitrogen and oxygen atoms in total. The van der Waals surface area contributed by atoms with Crippen molar-refractivity contribution < 1.29 is 27.1 Å². The van der Waals surface area contributed by atoms with E-state index in [9.17, 15) is 22.4 Å². The van der Waals surface area contributed by atoms with Gasteiger partial charge in [0.1, 0.15) is 17.8 Å². The molecule has 11 heteroatoms. The molecule has 2 fully saturated rings. The second-order valence-corrected chi connectivity index (χ2v) is 11.6. The minimum atomic E-state index is -4.61. The molecule has 0 atom stereocenters. The van der Waals surface area contributed by atoms with Crippen molar-refractivity contribution in [2.24, 2.45) is 7.05 Å². The summed E-state index contributed by atoms with van der Waals surface area (Å²) in [4.78, 5) is 17.0. The van der Waals surface area contributed by atoms with Crippen LogP contribution in [0.5, 0.6) is 0 Å². The molecule has 6 rings (SSSR count). The van der Waals surface area contributed by atoms with E-state index >= 15 is 0 Å². The Morgan fingerprint density at radius 3 is 2.48 bits per heavy atom. The molecule has 0 bridgehead atoms. The van der Waals surface area contributed by atoms with E-state index in [4.69, 9.17) is 4.74 Å². The molecule has 40 heavy (non-hydrogen) atoms. The highest BCUT2D eigenvalue weighted by molar-refractivity contribution is 6.10. The minimum Gasteiger partial charge on any atom is -0.379 e. The van der Waals surface area contributed by atoms with Crippen molar-refractivity contribution >= 4 is 11.6 Å². The van der Waals surface area contributed by atoms with Crippen LogP contribution in [-0.2, 0) is 42.9 Å². The number of anilines is 1. The summed E-state index contributed by atoms with van der Waals surface area (Å²) in [6.45, 7) is 3.48. The highest BCUT2D eigenvalue weighted by Crippen LogP contribution is 2.42. The number of hydrogen-bond donors (Lipinski definition) is 0. The third-order valence-corrected chi connectivity index (χ3v) is 8.54. The van der Waals surface area contributed by atoms with Crippen LogP contribution in [0, 0.1) is 0 Å². The molecule has 0 radical (unpaired) electrons. The zero-order valence-corrected chi connectivity index (χ0v) is 22.5. The van der Waals surface area contributed by atoms with Crippen molar-refractivity contribution in [1.82, 2.24) is 19.7 Å². The topological polar surface area (TPSA) is 63.5 Å². The number of aromatic nitrogens is 3. The number of amides is 1. The molecule has 2 aromatic carbocycles. The quantitative estimate of drug-likeness (QED) is 0.407. The van der Waals surface area contributed by atoms with Gasteiger partial charge in [0.05, 0.1) is 25.3 Å². The van der Waals surface area contributed by atoms with Crippen molar-refractivity contribution in [3.63, 3.8) is 0 Å². The van der Waals surface area contributed by atoms with Gasteiger partial charge in [-0.1, -0.05) is 12.1 Å². The van der Waals surface area contributed by atoms with Gasteiger partial charge in [-0.05, 0) is 60.7 Å². The molecule has 0 unspecified atom stereocenters. The lowest BCUT2D eigenvalue weighted by molar-refractivity contribution is -0.138. The molecule has 3 aliphatic rings. The third-order valence-electron chi connectivity index (χ3n) is 8.54. The average Bonchev–Trinajstić information content (AvgIpc) is 3.44. The number of piperidine rings is 1. The van der Waals surface area contributed by atoms with E-state index in [1.54, 1.807) is 25.4 Å². The van der Waals surface area contributed by atoms with E-state index in [1.165, 1.54) is 4.90 Å². The lowest BCUT2D eigenvalue weighted by atomic mass is 9.75. The van der Waals surface area contributed by atoms with Gasteiger partial charge in [-0.25, -0.2) is 4.39 Å². The molecule has 3 aliphatic heterocycles. The van der Waals surface area contributed by atoms with Crippen molar-refractivity contribution in [2.75, 3.05) is 31.2 Å². The van der Waals surface area contributed by atoms with Crippen molar-refractivity contribution in [3.8, 4) is 0 Å². The highest BCUT2D eigenvalue weighted by atomic mass is 19.4. The second kappa shape index (κ2) is 9.66. The number of halogens is 4. The number of fused-ring (bicyclic) bond motifs is 1. The predicted octanol–water partition coefficient (Wildman–Crippen LogP) is 4.83. The fourth-order valence-corrected chi connectivity index (χ4v) is 5.95. The standard InChI is InChI=1S/C29H31F4N5O2/c1-27(30)6-8-37(9-7-27)14-19-10-22-23(24(11-19)29(31,32)33)15-38(26(22)39)21-5-3-4-20(12-21)28(16-40-17-28)13-25-35-34-18-36(25)2/h3-5,10-12,18H,6-9,13-17H2,1-2H3. The lowest BCUT2D eigenvalue weighted by Gasteiger charge is -2.42. The number of nitrogens with zero attached hydrogens (tertiary/aromatic N) is 5. The van der Waals surface area contributed by atoms with Crippen molar-refractivity contribution in [1.29, 1.82) is 0 Å². The minimum absolute atomic E-state index is 0.0117. The molecule has 2 saturated heterocycles. The Hall–Kier alpha value is -3.31. The predicted molar refractivity (Wildman–Crippen MR) is 140 cm³/mol. The van der Waals surface area contributed by atoms with Crippen LogP contribution in [0.4, 0.5) is 23.2 Å². The Morgan fingerprint density at radius 2 is 1.85 bits per heavy atom. The van der Waals surface area contributed by atoms with Crippen LogP contribution in [0.15, 0.2) is 42.7 Å². The highest BCUT2D eigenvalue weighted by Gasteiger charge is 2.44. The van der Waals surface area contributed by atoms with Crippen molar-refractivity contribution in [3.05, 3.63) is 76.4 Å². The molecular weight excluding hydrogens is 526 g/mol. The maximum Gasteiger partial charge on any atom is 0.416 e. The first-order valence-corrected chi connectivity index (χ1v) is 13.4. The summed E-state index contributed by atoms with van der Waals surface area (Å²) >= 11 is 0. The molecule has 0 N–H and O–H groups in total. The first-order valence-electron chi connectivity index (χ1n) is 13.4. The van der Waals surface area contributed by atoms with Crippen LogP contribution in [0.25, 0.3) is 0 Å². The lowest BCUT2D eigenvalue weighted by Crippen LogP contribution is -2.49. The van der Waals surface area contributed by atoms with Gasteiger partial charge in [0.15, 0.2) is 0 Å². The summed E-state index contributed by atoms with van der Waals surface area (Å²) in [5.41, 5.74) is -0.459. The zero-order valence-electron chi connectivity index (χ0n) is 22.5. The van der Waals surface area contributed by atoms with E-state index in [-0.39, 0.29) is 29.6 Å². The molecule has 3 aromatic rings. The number of likely N-dealkylation sites (tertiary alicyclic amines) is 1. The monoisotopic (exact) mass is 557 g/mol. The Balaban J connectivity index is 1.29. The van der Waals surface area contributed by atoms with E-state index in [2.05, 4.69) is 10.2 Å². The normalized spacial score (nSPS) is 20.4. The Labute approximate surface area is 229 Å². The van der Waals surface area contributed by atoms with Crippen LogP contribution in [0.2, 0.25) is 0 Å². The number of ether oxygens (including phenoxy) is 1. The number of alkyl halides is 4. The summed E-state index contributed by atoms with van der Waals surface area (Å²) < 4.78 is 64.3. The van der Waals surface area contributed by atoms with Crippen LogP contribution in [-0.4, -0.2) is 57.5 Å². The Kier molecular flexibility index (Phi) is 6.49.